The predicted octanol–water partition coefficient (Wildman–Crippen LogP) is 3.91. The molecule has 5 heteroatoms. The number of nitrogens with one attached hydrogen (secondary N) is 1. The zero-order chi connectivity index (χ0) is 24.3. The van der Waals surface area contributed by atoms with Gasteiger partial charge in [0.15, 0.2) is 0 Å². The van der Waals surface area contributed by atoms with E-state index >= 15 is 0 Å². The molecule has 0 bridgehead atoms. The highest BCUT2D eigenvalue weighted by atomic mass is 16.3. The Labute approximate surface area is 200 Å². The van der Waals surface area contributed by atoms with E-state index in [2.05, 4.69) is 51.2 Å². The molecule has 0 spiro atoms. The van der Waals surface area contributed by atoms with E-state index in [0.29, 0.717) is 30.2 Å². The zero-order valence-electron chi connectivity index (χ0n) is 21.8. The molecular formula is C28H46N2O3. The maximum Gasteiger partial charge on any atom is 0.244 e. The van der Waals surface area contributed by atoms with E-state index in [1.807, 2.05) is 13.8 Å². The maximum absolute atomic E-state index is 12.4. The fourth-order valence-corrected chi connectivity index (χ4v) is 8.58. The van der Waals surface area contributed by atoms with Crippen molar-refractivity contribution in [2.45, 2.75) is 97.4 Å². The minimum atomic E-state index is -0.714. The molecule has 0 aliphatic heterocycles. The summed E-state index contributed by atoms with van der Waals surface area (Å²) in [5.74, 6) is 1.73. The van der Waals surface area contributed by atoms with Crippen LogP contribution in [-0.4, -0.2) is 59.4 Å². The van der Waals surface area contributed by atoms with Crippen molar-refractivity contribution in [3.05, 3.63) is 23.3 Å². The molecule has 186 valence electrons. The molecule has 4 aliphatic rings. The first-order valence-corrected chi connectivity index (χ1v) is 13.1. The van der Waals surface area contributed by atoms with Crippen LogP contribution in [0, 0.1) is 34.5 Å². The van der Waals surface area contributed by atoms with E-state index in [1.54, 1.807) is 11.6 Å². The Hall–Kier alpha value is -1.17. The number of likely N-dealkylation sites (N-methyl/N-ethyl adjacent to an activating group) is 1. The van der Waals surface area contributed by atoms with Gasteiger partial charge in [0.25, 0.3) is 0 Å². The monoisotopic (exact) mass is 458 g/mol. The molecule has 0 radical (unpaired) electrons. The van der Waals surface area contributed by atoms with Crippen molar-refractivity contribution in [2.24, 2.45) is 34.5 Å². The summed E-state index contributed by atoms with van der Waals surface area (Å²) < 4.78 is 0. The van der Waals surface area contributed by atoms with Gasteiger partial charge < -0.3 is 20.4 Å². The number of hydrogen-bond donors (Lipinski definition) is 3. The van der Waals surface area contributed by atoms with E-state index < -0.39 is 18.2 Å². The molecule has 0 saturated heterocycles. The van der Waals surface area contributed by atoms with Crippen LogP contribution in [0.25, 0.3) is 0 Å². The lowest BCUT2D eigenvalue weighted by Crippen LogP contribution is -2.65. The first kappa shape index (κ1) is 24.9. The average Bonchev–Trinajstić information content (AvgIpc) is 3.06. The third-order valence-corrected chi connectivity index (χ3v) is 10.4. The van der Waals surface area contributed by atoms with Crippen molar-refractivity contribution in [3.63, 3.8) is 0 Å². The number of hydrogen-bond acceptors (Lipinski definition) is 4. The van der Waals surface area contributed by atoms with E-state index in [4.69, 9.17) is 0 Å². The summed E-state index contributed by atoms with van der Waals surface area (Å²) >= 11 is 0. The van der Waals surface area contributed by atoms with Crippen molar-refractivity contribution in [1.82, 2.24) is 10.2 Å². The molecule has 33 heavy (non-hydrogen) atoms. The molecule has 10 unspecified atom stereocenters. The van der Waals surface area contributed by atoms with Gasteiger partial charge in [0.05, 0.1) is 18.2 Å². The topological polar surface area (TPSA) is 72.8 Å². The number of aliphatic hydroxyl groups excluding tert-OH is 2. The normalized spacial score (nSPS) is 45.4. The third-order valence-electron chi connectivity index (χ3n) is 10.4. The second-order valence-corrected chi connectivity index (χ2v) is 12.6. The number of allylic oxidation sites excluding steroid dienone is 2. The molecular weight excluding hydrogens is 412 g/mol. The Morgan fingerprint density at radius 2 is 1.85 bits per heavy atom. The fourth-order valence-electron chi connectivity index (χ4n) is 8.58. The van der Waals surface area contributed by atoms with E-state index in [0.717, 1.165) is 24.8 Å². The SMILES string of the molecule is CC(C)=CC(=O)NC1C(O)CC2(C)C(CCC3C4CC=C(C(C)N(C)C)C4(C)CCC32)C1O. The summed E-state index contributed by atoms with van der Waals surface area (Å²) in [5, 5.41) is 25.4. The molecule has 0 aromatic heterocycles. The highest BCUT2D eigenvalue weighted by Gasteiger charge is 2.62. The number of carbonyl (C=O) groups excluding carboxylic acids is 1. The third kappa shape index (κ3) is 4.02. The molecule has 0 heterocycles. The fraction of sp³-hybridized carbons (Fsp3) is 0.821. The van der Waals surface area contributed by atoms with Gasteiger partial charge in [-0.25, -0.2) is 0 Å². The standard InChI is InChI=1S/C28H46N2O3/c1-16(2)14-24(32)29-25-23(31)15-28(5)21-12-13-27(4)19(17(3)30(6)7)10-11-20(27)18(21)8-9-22(28)26(25)33/h10,14,17-18,20-23,25-26,31,33H,8-9,11-13,15H2,1-7H3,(H,29,32). The summed E-state index contributed by atoms with van der Waals surface area (Å²) in [6.45, 7) is 10.9. The van der Waals surface area contributed by atoms with E-state index in [-0.39, 0.29) is 22.7 Å². The van der Waals surface area contributed by atoms with Gasteiger partial charge in [0.2, 0.25) is 5.91 Å². The summed E-state index contributed by atoms with van der Waals surface area (Å²) in [4.78, 5) is 14.7. The van der Waals surface area contributed by atoms with Gasteiger partial charge in [0, 0.05) is 12.1 Å². The number of amides is 1. The highest BCUT2D eigenvalue weighted by molar-refractivity contribution is 5.88. The van der Waals surface area contributed by atoms with Crippen LogP contribution in [-0.2, 0) is 4.79 Å². The van der Waals surface area contributed by atoms with Gasteiger partial charge in [0.1, 0.15) is 0 Å². The summed E-state index contributed by atoms with van der Waals surface area (Å²) in [6.07, 6.45) is 8.97. The lowest BCUT2D eigenvalue weighted by molar-refractivity contribution is -0.175. The average molecular weight is 459 g/mol. The van der Waals surface area contributed by atoms with Crippen LogP contribution in [0.3, 0.4) is 0 Å². The smallest absolute Gasteiger partial charge is 0.244 e. The quantitative estimate of drug-likeness (QED) is 0.441. The predicted molar refractivity (Wildman–Crippen MR) is 132 cm³/mol. The van der Waals surface area contributed by atoms with Crippen LogP contribution in [0.1, 0.15) is 73.1 Å². The first-order valence-electron chi connectivity index (χ1n) is 13.1. The Morgan fingerprint density at radius 1 is 1.15 bits per heavy atom. The lowest BCUT2D eigenvalue weighted by atomic mass is 9.43. The van der Waals surface area contributed by atoms with Gasteiger partial charge in [-0.05, 0) is 108 Å². The largest absolute Gasteiger partial charge is 0.391 e. The molecule has 1 amide bonds. The number of carbonyl (C=O) groups is 1. The number of fused-ring (bicyclic) bond motifs is 5. The molecule has 10 atom stereocenters. The van der Waals surface area contributed by atoms with Crippen molar-refractivity contribution in [2.75, 3.05) is 14.1 Å². The summed E-state index contributed by atoms with van der Waals surface area (Å²) in [5.41, 5.74) is 2.71. The molecule has 4 rings (SSSR count). The Morgan fingerprint density at radius 3 is 2.48 bits per heavy atom. The van der Waals surface area contributed by atoms with Gasteiger partial charge >= 0.3 is 0 Å². The number of rotatable bonds is 4. The molecule has 0 aromatic carbocycles. The maximum atomic E-state index is 12.4. The van der Waals surface area contributed by atoms with Crippen LogP contribution in [0.5, 0.6) is 0 Å². The minimum Gasteiger partial charge on any atom is -0.391 e. The molecule has 0 aromatic rings. The minimum absolute atomic E-state index is 0.0866. The van der Waals surface area contributed by atoms with E-state index in [9.17, 15) is 15.0 Å². The molecule has 5 nitrogen and oxygen atoms in total. The Kier molecular flexibility index (Phi) is 6.65. The van der Waals surface area contributed by atoms with Gasteiger partial charge in [-0.3, -0.25) is 4.79 Å². The van der Waals surface area contributed by atoms with Crippen molar-refractivity contribution < 1.29 is 15.0 Å². The van der Waals surface area contributed by atoms with Crippen LogP contribution in [0.15, 0.2) is 23.3 Å². The number of nitrogens with zero attached hydrogens (tertiary/aromatic N) is 1. The van der Waals surface area contributed by atoms with Crippen molar-refractivity contribution >= 4 is 5.91 Å². The molecule has 3 fully saturated rings. The van der Waals surface area contributed by atoms with Gasteiger partial charge in [-0.1, -0.05) is 31.1 Å². The van der Waals surface area contributed by atoms with Crippen molar-refractivity contribution in [1.29, 1.82) is 0 Å². The zero-order valence-corrected chi connectivity index (χ0v) is 21.8. The second-order valence-electron chi connectivity index (χ2n) is 12.6. The summed E-state index contributed by atoms with van der Waals surface area (Å²) in [7, 11) is 4.36. The lowest BCUT2D eigenvalue weighted by Gasteiger charge is -2.62. The van der Waals surface area contributed by atoms with Gasteiger partial charge in [-0.2, -0.15) is 0 Å². The molecule has 3 saturated carbocycles. The Balaban J connectivity index is 1.54. The van der Waals surface area contributed by atoms with Crippen molar-refractivity contribution in [3.8, 4) is 0 Å². The Bertz CT molecular complexity index is 831. The van der Waals surface area contributed by atoms with Crippen LogP contribution in [0.4, 0.5) is 0 Å². The van der Waals surface area contributed by atoms with Gasteiger partial charge in [-0.15, -0.1) is 0 Å². The van der Waals surface area contributed by atoms with Crippen LogP contribution in [0.2, 0.25) is 0 Å². The second kappa shape index (κ2) is 8.80. The molecule has 4 aliphatic carbocycles. The van der Waals surface area contributed by atoms with E-state index in [1.165, 1.54) is 12.8 Å². The first-order chi connectivity index (χ1) is 15.4. The highest BCUT2D eigenvalue weighted by Crippen LogP contribution is 2.66. The summed E-state index contributed by atoms with van der Waals surface area (Å²) in [6, 6.07) is -0.121. The van der Waals surface area contributed by atoms with Crippen LogP contribution < -0.4 is 5.32 Å². The molecule has 3 N–H and O–H groups in total. The number of aliphatic hydroxyl groups is 2. The van der Waals surface area contributed by atoms with Crippen LogP contribution >= 0.6 is 0 Å².